The predicted octanol–water partition coefficient (Wildman–Crippen LogP) is 3.31. The van der Waals surface area contributed by atoms with E-state index in [9.17, 15) is 4.79 Å². The second kappa shape index (κ2) is 6.51. The standard InChI is InChI=1S/C14H17ClN4OS/c1-3-8-14(2,16)12(20)17-13-19-18-11(21-13)9-6-4-5-7-10(9)15/h4-7H,3,8,16H2,1-2H3,(H,17,19,20). The number of hydrogen-bond donors (Lipinski definition) is 2. The number of nitrogens with two attached hydrogens (primary N) is 1. The van der Waals surface area contributed by atoms with E-state index in [2.05, 4.69) is 15.5 Å². The molecule has 1 amide bonds. The molecule has 0 aliphatic heterocycles. The molecule has 1 aromatic heterocycles. The molecule has 5 nitrogen and oxygen atoms in total. The molecule has 2 aromatic rings. The number of anilines is 1. The number of rotatable bonds is 5. The lowest BCUT2D eigenvalue weighted by Crippen LogP contribution is -2.48. The van der Waals surface area contributed by atoms with Gasteiger partial charge >= 0.3 is 0 Å². The molecule has 0 fully saturated rings. The van der Waals surface area contributed by atoms with Gasteiger partial charge in [-0.15, -0.1) is 10.2 Å². The fourth-order valence-corrected chi connectivity index (χ4v) is 2.95. The molecule has 3 N–H and O–H groups in total. The lowest BCUT2D eigenvalue weighted by atomic mass is 9.97. The molecule has 1 aromatic carbocycles. The number of carbonyl (C=O) groups excluding carboxylic acids is 1. The van der Waals surface area contributed by atoms with Gasteiger partial charge in [0.1, 0.15) is 0 Å². The van der Waals surface area contributed by atoms with Gasteiger partial charge in [-0.2, -0.15) is 0 Å². The summed E-state index contributed by atoms with van der Waals surface area (Å²) in [4.78, 5) is 12.1. The summed E-state index contributed by atoms with van der Waals surface area (Å²) >= 11 is 7.39. The van der Waals surface area contributed by atoms with Crippen molar-refractivity contribution in [3.63, 3.8) is 0 Å². The monoisotopic (exact) mass is 324 g/mol. The van der Waals surface area contributed by atoms with Gasteiger partial charge in [0.25, 0.3) is 0 Å². The Hall–Kier alpha value is -1.50. The highest BCUT2D eigenvalue weighted by molar-refractivity contribution is 7.18. The van der Waals surface area contributed by atoms with E-state index in [0.29, 0.717) is 21.6 Å². The van der Waals surface area contributed by atoms with Crippen molar-refractivity contribution in [2.24, 2.45) is 5.73 Å². The first-order chi connectivity index (χ1) is 9.94. The minimum atomic E-state index is -0.912. The van der Waals surface area contributed by atoms with Gasteiger partial charge in [0, 0.05) is 5.56 Å². The fraction of sp³-hybridized carbons (Fsp3) is 0.357. The molecule has 2 rings (SSSR count). The topological polar surface area (TPSA) is 80.9 Å². The molecule has 0 radical (unpaired) electrons. The lowest BCUT2D eigenvalue weighted by Gasteiger charge is -2.21. The van der Waals surface area contributed by atoms with Crippen LogP contribution in [0.4, 0.5) is 5.13 Å². The molecule has 7 heteroatoms. The third kappa shape index (κ3) is 3.78. The van der Waals surface area contributed by atoms with Gasteiger partial charge in [0.05, 0.1) is 10.6 Å². The van der Waals surface area contributed by atoms with E-state index in [-0.39, 0.29) is 5.91 Å². The third-order valence-electron chi connectivity index (χ3n) is 3.04. The minimum Gasteiger partial charge on any atom is -0.318 e. The number of nitrogens with one attached hydrogen (secondary N) is 1. The first kappa shape index (κ1) is 15.9. The average Bonchev–Trinajstić information content (AvgIpc) is 2.87. The summed E-state index contributed by atoms with van der Waals surface area (Å²) in [6, 6.07) is 7.37. The maximum Gasteiger partial charge on any atom is 0.245 e. The zero-order valence-corrected chi connectivity index (χ0v) is 13.5. The predicted molar refractivity (Wildman–Crippen MR) is 86.5 cm³/mol. The average molecular weight is 325 g/mol. The summed E-state index contributed by atoms with van der Waals surface area (Å²) in [6.45, 7) is 3.70. The molecule has 21 heavy (non-hydrogen) atoms. The van der Waals surface area contributed by atoms with Crippen LogP contribution in [0.15, 0.2) is 24.3 Å². The van der Waals surface area contributed by atoms with Crippen LogP contribution in [0.2, 0.25) is 5.02 Å². The first-order valence-electron chi connectivity index (χ1n) is 6.63. The van der Waals surface area contributed by atoms with Crippen molar-refractivity contribution in [2.75, 3.05) is 5.32 Å². The molecule has 112 valence electrons. The summed E-state index contributed by atoms with van der Waals surface area (Å²) in [7, 11) is 0. The van der Waals surface area contributed by atoms with Gasteiger partial charge in [-0.05, 0) is 19.4 Å². The zero-order valence-electron chi connectivity index (χ0n) is 11.9. The number of benzene rings is 1. The Bertz CT molecular complexity index is 641. The van der Waals surface area contributed by atoms with Crippen molar-refractivity contribution in [2.45, 2.75) is 32.2 Å². The molecule has 0 saturated carbocycles. The second-order valence-electron chi connectivity index (χ2n) is 5.01. The van der Waals surface area contributed by atoms with Crippen molar-refractivity contribution in [1.82, 2.24) is 10.2 Å². The van der Waals surface area contributed by atoms with Crippen molar-refractivity contribution in [1.29, 1.82) is 0 Å². The van der Waals surface area contributed by atoms with Crippen molar-refractivity contribution >= 4 is 34.0 Å². The quantitative estimate of drug-likeness (QED) is 0.884. The van der Waals surface area contributed by atoms with Gasteiger partial charge < -0.3 is 5.73 Å². The smallest absolute Gasteiger partial charge is 0.245 e. The molecule has 1 atom stereocenters. The van der Waals surface area contributed by atoms with Crippen molar-refractivity contribution in [3.05, 3.63) is 29.3 Å². The lowest BCUT2D eigenvalue weighted by molar-refractivity contribution is -0.120. The summed E-state index contributed by atoms with van der Waals surface area (Å²) < 4.78 is 0. The molecule has 0 aliphatic rings. The summed E-state index contributed by atoms with van der Waals surface area (Å²) in [6.07, 6.45) is 1.44. The van der Waals surface area contributed by atoms with Crippen LogP contribution in [0.3, 0.4) is 0 Å². The number of nitrogens with zero attached hydrogens (tertiary/aromatic N) is 2. The Balaban J connectivity index is 2.14. The van der Waals surface area contributed by atoms with E-state index in [1.165, 1.54) is 11.3 Å². The van der Waals surface area contributed by atoms with E-state index >= 15 is 0 Å². The van der Waals surface area contributed by atoms with E-state index in [1.807, 2.05) is 25.1 Å². The van der Waals surface area contributed by atoms with Crippen LogP contribution in [-0.4, -0.2) is 21.6 Å². The Labute approximate surface area is 132 Å². The molecule has 0 aliphatic carbocycles. The number of aromatic nitrogens is 2. The largest absolute Gasteiger partial charge is 0.318 e. The van der Waals surface area contributed by atoms with Gasteiger partial charge in [-0.3, -0.25) is 10.1 Å². The van der Waals surface area contributed by atoms with Crippen LogP contribution in [0.25, 0.3) is 10.6 Å². The normalized spacial score (nSPS) is 13.7. The Morgan fingerprint density at radius 3 is 2.81 bits per heavy atom. The first-order valence-corrected chi connectivity index (χ1v) is 7.82. The maximum atomic E-state index is 12.1. The van der Waals surface area contributed by atoms with Crippen molar-refractivity contribution in [3.8, 4) is 10.6 Å². The van der Waals surface area contributed by atoms with Crippen LogP contribution in [-0.2, 0) is 4.79 Å². The summed E-state index contributed by atoms with van der Waals surface area (Å²) in [5, 5.41) is 12.4. The Morgan fingerprint density at radius 1 is 1.43 bits per heavy atom. The van der Waals surface area contributed by atoms with Gasteiger partial charge in [-0.1, -0.05) is 54.5 Å². The van der Waals surface area contributed by atoms with Gasteiger partial charge in [0.2, 0.25) is 11.0 Å². The maximum absolute atomic E-state index is 12.1. The highest BCUT2D eigenvalue weighted by Crippen LogP contribution is 2.31. The van der Waals surface area contributed by atoms with Crippen LogP contribution in [0.1, 0.15) is 26.7 Å². The molecule has 0 saturated heterocycles. The van der Waals surface area contributed by atoms with Crippen LogP contribution >= 0.6 is 22.9 Å². The molecule has 0 spiro atoms. The van der Waals surface area contributed by atoms with E-state index in [1.54, 1.807) is 13.0 Å². The Kier molecular flexibility index (Phi) is 4.92. The van der Waals surface area contributed by atoms with E-state index in [0.717, 1.165) is 12.0 Å². The SMILES string of the molecule is CCCC(C)(N)C(=O)Nc1nnc(-c2ccccc2Cl)s1. The molecule has 1 heterocycles. The zero-order chi connectivity index (χ0) is 15.5. The van der Waals surface area contributed by atoms with Gasteiger partial charge in [0.15, 0.2) is 5.01 Å². The van der Waals surface area contributed by atoms with E-state index in [4.69, 9.17) is 17.3 Å². The molecule has 1 unspecified atom stereocenters. The van der Waals surface area contributed by atoms with Crippen LogP contribution < -0.4 is 11.1 Å². The number of hydrogen-bond acceptors (Lipinski definition) is 5. The van der Waals surface area contributed by atoms with Crippen LogP contribution in [0.5, 0.6) is 0 Å². The Morgan fingerprint density at radius 2 is 2.14 bits per heavy atom. The van der Waals surface area contributed by atoms with Crippen LogP contribution in [0, 0.1) is 0 Å². The third-order valence-corrected chi connectivity index (χ3v) is 4.24. The minimum absolute atomic E-state index is 0.258. The van der Waals surface area contributed by atoms with Gasteiger partial charge in [-0.25, -0.2) is 0 Å². The van der Waals surface area contributed by atoms with Crippen molar-refractivity contribution < 1.29 is 4.79 Å². The number of carbonyl (C=O) groups is 1. The fourth-order valence-electron chi connectivity index (χ4n) is 1.89. The highest BCUT2D eigenvalue weighted by Gasteiger charge is 2.28. The highest BCUT2D eigenvalue weighted by atomic mass is 35.5. The van der Waals surface area contributed by atoms with E-state index < -0.39 is 5.54 Å². The summed E-state index contributed by atoms with van der Waals surface area (Å²) in [5.41, 5.74) is 5.87. The molecule has 0 bridgehead atoms. The number of halogens is 1. The molecular formula is C14H17ClN4OS. The second-order valence-corrected chi connectivity index (χ2v) is 6.40. The number of amides is 1. The molecular weight excluding hydrogens is 308 g/mol. The summed E-state index contributed by atoms with van der Waals surface area (Å²) in [5.74, 6) is -0.258.